The fourth-order valence-corrected chi connectivity index (χ4v) is 4.72. The van der Waals surface area contributed by atoms with Crippen molar-refractivity contribution >= 4 is 11.9 Å². The molecule has 164 valence electrons. The molecule has 6 heteroatoms. The van der Waals surface area contributed by atoms with E-state index in [9.17, 15) is 9.59 Å². The molecule has 1 saturated carbocycles. The molecule has 30 heavy (non-hydrogen) atoms. The van der Waals surface area contributed by atoms with Crippen LogP contribution < -0.4 is 5.32 Å². The van der Waals surface area contributed by atoms with E-state index in [-0.39, 0.29) is 18.0 Å². The van der Waals surface area contributed by atoms with Gasteiger partial charge in [-0.15, -0.1) is 0 Å². The van der Waals surface area contributed by atoms with E-state index in [1.165, 1.54) is 24.8 Å². The SMILES string of the molecule is O=C(NCCc1ccccc1)N1CCC(N(CCN2CCCCC2)C(=O)C2CC2)C1. The van der Waals surface area contributed by atoms with E-state index < -0.39 is 0 Å². The summed E-state index contributed by atoms with van der Waals surface area (Å²) in [4.78, 5) is 32.1. The fourth-order valence-electron chi connectivity index (χ4n) is 4.72. The highest BCUT2D eigenvalue weighted by Crippen LogP contribution is 2.32. The van der Waals surface area contributed by atoms with Gasteiger partial charge in [-0.1, -0.05) is 36.8 Å². The van der Waals surface area contributed by atoms with E-state index in [0.717, 1.165) is 58.4 Å². The number of nitrogens with zero attached hydrogens (tertiary/aromatic N) is 3. The Kier molecular flexibility index (Phi) is 7.26. The minimum Gasteiger partial charge on any atom is -0.338 e. The van der Waals surface area contributed by atoms with Crippen molar-refractivity contribution in [3.05, 3.63) is 35.9 Å². The van der Waals surface area contributed by atoms with Crippen LogP contribution in [-0.4, -0.2) is 78.5 Å². The number of nitrogens with one attached hydrogen (secondary N) is 1. The molecule has 3 amide bonds. The molecule has 2 heterocycles. The summed E-state index contributed by atoms with van der Waals surface area (Å²) in [6.45, 7) is 6.14. The molecule has 1 aliphatic carbocycles. The van der Waals surface area contributed by atoms with Crippen LogP contribution in [0.4, 0.5) is 4.79 Å². The predicted molar refractivity (Wildman–Crippen MR) is 118 cm³/mol. The lowest BCUT2D eigenvalue weighted by Gasteiger charge is -2.33. The molecule has 0 bridgehead atoms. The Morgan fingerprint density at radius 1 is 1.00 bits per heavy atom. The molecule has 4 rings (SSSR count). The van der Waals surface area contributed by atoms with Gasteiger partial charge in [0.15, 0.2) is 0 Å². The lowest BCUT2D eigenvalue weighted by atomic mass is 10.1. The minimum absolute atomic E-state index is 0.00304. The highest BCUT2D eigenvalue weighted by atomic mass is 16.2. The van der Waals surface area contributed by atoms with Crippen LogP contribution in [0.1, 0.15) is 44.1 Å². The van der Waals surface area contributed by atoms with Gasteiger partial charge in [0.1, 0.15) is 0 Å². The summed E-state index contributed by atoms with van der Waals surface area (Å²) in [6, 6.07) is 10.4. The van der Waals surface area contributed by atoms with Crippen molar-refractivity contribution in [1.29, 1.82) is 0 Å². The topological polar surface area (TPSA) is 55.9 Å². The number of amides is 3. The summed E-state index contributed by atoms with van der Waals surface area (Å²) in [5.74, 6) is 0.559. The summed E-state index contributed by atoms with van der Waals surface area (Å²) >= 11 is 0. The standard InChI is InChI=1S/C24H36N4O2/c29-23(21-9-10-21)28(18-17-26-14-5-2-6-15-26)22-12-16-27(19-22)24(30)25-13-11-20-7-3-1-4-8-20/h1,3-4,7-8,21-22H,2,5-6,9-19H2,(H,25,30). The maximum atomic E-state index is 13.0. The number of urea groups is 1. The Morgan fingerprint density at radius 3 is 2.50 bits per heavy atom. The molecule has 1 aromatic rings. The van der Waals surface area contributed by atoms with Crippen molar-refractivity contribution in [2.45, 2.75) is 51.0 Å². The zero-order chi connectivity index (χ0) is 20.8. The van der Waals surface area contributed by atoms with Crippen LogP contribution in [0.3, 0.4) is 0 Å². The van der Waals surface area contributed by atoms with Crippen molar-refractivity contribution in [2.75, 3.05) is 45.8 Å². The molecule has 1 aromatic carbocycles. The molecule has 3 fully saturated rings. The lowest BCUT2D eigenvalue weighted by Crippen LogP contribution is -2.48. The first-order valence-corrected chi connectivity index (χ1v) is 11.8. The average molecular weight is 413 g/mol. The van der Waals surface area contributed by atoms with Crippen LogP contribution >= 0.6 is 0 Å². The maximum Gasteiger partial charge on any atom is 0.317 e. The molecule has 2 saturated heterocycles. The minimum atomic E-state index is 0.00304. The third-order valence-electron chi connectivity index (χ3n) is 6.74. The van der Waals surface area contributed by atoms with Gasteiger partial charge >= 0.3 is 6.03 Å². The Hall–Kier alpha value is -2.08. The highest BCUT2D eigenvalue weighted by molar-refractivity contribution is 5.81. The van der Waals surface area contributed by atoms with Gasteiger partial charge in [-0.2, -0.15) is 0 Å². The number of carbonyl (C=O) groups excluding carboxylic acids is 2. The van der Waals surface area contributed by atoms with Crippen molar-refractivity contribution in [2.24, 2.45) is 5.92 Å². The summed E-state index contributed by atoms with van der Waals surface area (Å²) in [5.41, 5.74) is 1.23. The smallest absolute Gasteiger partial charge is 0.317 e. The van der Waals surface area contributed by atoms with Crippen molar-refractivity contribution < 1.29 is 9.59 Å². The van der Waals surface area contributed by atoms with E-state index >= 15 is 0 Å². The third-order valence-corrected chi connectivity index (χ3v) is 6.74. The summed E-state index contributed by atoms with van der Waals surface area (Å²) in [7, 11) is 0. The first-order chi connectivity index (χ1) is 14.7. The maximum absolute atomic E-state index is 13.0. The van der Waals surface area contributed by atoms with Crippen LogP contribution in [0.5, 0.6) is 0 Å². The first-order valence-electron chi connectivity index (χ1n) is 11.8. The van der Waals surface area contributed by atoms with E-state index in [4.69, 9.17) is 0 Å². The number of rotatable bonds is 8. The van der Waals surface area contributed by atoms with Gasteiger partial charge < -0.3 is 20.0 Å². The van der Waals surface area contributed by atoms with Gasteiger partial charge in [-0.25, -0.2) is 4.79 Å². The van der Waals surface area contributed by atoms with E-state index in [0.29, 0.717) is 19.0 Å². The zero-order valence-corrected chi connectivity index (χ0v) is 18.1. The molecule has 6 nitrogen and oxygen atoms in total. The van der Waals surface area contributed by atoms with E-state index in [2.05, 4.69) is 27.2 Å². The second-order valence-electron chi connectivity index (χ2n) is 9.06. The van der Waals surface area contributed by atoms with Crippen LogP contribution in [0.25, 0.3) is 0 Å². The molecule has 2 aliphatic heterocycles. The highest BCUT2D eigenvalue weighted by Gasteiger charge is 2.39. The predicted octanol–water partition coefficient (Wildman–Crippen LogP) is 2.74. The summed E-state index contributed by atoms with van der Waals surface area (Å²) in [5, 5.41) is 3.06. The quantitative estimate of drug-likeness (QED) is 0.714. The fraction of sp³-hybridized carbons (Fsp3) is 0.667. The Balaban J connectivity index is 1.26. The second-order valence-corrected chi connectivity index (χ2v) is 9.06. The number of hydrogen-bond donors (Lipinski definition) is 1. The molecule has 0 aromatic heterocycles. The average Bonchev–Trinajstić information content (AvgIpc) is 3.52. The Labute approximate surface area is 180 Å². The third kappa shape index (κ3) is 5.75. The summed E-state index contributed by atoms with van der Waals surface area (Å²) in [6.07, 6.45) is 7.69. The zero-order valence-electron chi connectivity index (χ0n) is 18.1. The molecule has 1 unspecified atom stereocenters. The number of carbonyl (C=O) groups is 2. The molecule has 0 spiro atoms. The van der Waals surface area contributed by atoms with E-state index in [1.54, 1.807) is 0 Å². The molecule has 3 aliphatic rings. The van der Waals surface area contributed by atoms with Gasteiger partial charge in [0, 0.05) is 38.6 Å². The molecular weight excluding hydrogens is 376 g/mol. The van der Waals surface area contributed by atoms with Crippen LogP contribution in [0.2, 0.25) is 0 Å². The molecule has 1 N–H and O–H groups in total. The van der Waals surface area contributed by atoms with Gasteiger partial charge in [0.25, 0.3) is 0 Å². The lowest BCUT2D eigenvalue weighted by molar-refractivity contribution is -0.135. The van der Waals surface area contributed by atoms with Gasteiger partial charge in [-0.05, 0) is 57.2 Å². The Morgan fingerprint density at radius 2 is 1.77 bits per heavy atom. The number of hydrogen-bond acceptors (Lipinski definition) is 3. The summed E-state index contributed by atoms with van der Waals surface area (Å²) < 4.78 is 0. The normalized spacial score (nSPS) is 22.1. The van der Waals surface area contributed by atoms with Crippen molar-refractivity contribution in [1.82, 2.24) is 20.0 Å². The van der Waals surface area contributed by atoms with Crippen molar-refractivity contribution in [3.8, 4) is 0 Å². The first kappa shape index (κ1) is 21.2. The molecular formula is C24H36N4O2. The van der Waals surface area contributed by atoms with E-state index in [1.807, 2.05) is 23.1 Å². The van der Waals surface area contributed by atoms with Gasteiger partial charge in [0.2, 0.25) is 5.91 Å². The van der Waals surface area contributed by atoms with Gasteiger partial charge in [0.05, 0.1) is 6.04 Å². The number of likely N-dealkylation sites (tertiary alicyclic amines) is 2. The van der Waals surface area contributed by atoms with Crippen molar-refractivity contribution in [3.63, 3.8) is 0 Å². The Bertz CT molecular complexity index is 700. The largest absolute Gasteiger partial charge is 0.338 e. The number of benzene rings is 1. The number of piperidine rings is 1. The molecule has 1 atom stereocenters. The van der Waals surface area contributed by atoms with Crippen LogP contribution in [-0.2, 0) is 11.2 Å². The molecule has 0 radical (unpaired) electrons. The monoisotopic (exact) mass is 412 g/mol. The van der Waals surface area contributed by atoms with Gasteiger partial charge in [-0.3, -0.25) is 4.79 Å². The van der Waals surface area contributed by atoms with Crippen LogP contribution in [0, 0.1) is 5.92 Å². The second kappa shape index (κ2) is 10.3. The van der Waals surface area contributed by atoms with Crippen LogP contribution in [0.15, 0.2) is 30.3 Å².